The van der Waals surface area contributed by atoms with Gasteiger partial charge in [-0.2, -0.15) is 0 Å². The minimum atomic E-state index is -0.496. The molecule has 0 saturated carbocycles. The maximum Gasteiger partial charge on any atom is 0.246 e. The molecule has 30 heavy (non-hydrogen) atoms. The minimum absolute atomic E-state index is 0.0151. The Morgan fingerprint density at radius 3 is 2.67 bits per heavy atom. The molecular weight excluding hydrogens is 409 g/mol. The van der Waals surface area contributed by atoms with Crippen LogP contribution < -0.4 is 0 Å². The summed E-state index contributed by atoms with van der Waals surface area (Å²) in [4.78, 5) is 30.8. The van der Waals surface area contributed by atoms with Crippen LogP contribution in [0.4, 0.5) is 4.39 Å². The lowest BCUT2D eigenvalue weighted by atomic mass is 10.1. The third-order valence-corrected chi connectivity index (χ3v) is 6.01. The van der Waals surface area contributed by atoms with E-state index in [9.17, 15) is 19.1 Å². The number of aliphatic hydroxyl groups excluding tert-OH is 1. The number of nitrogens with zero attached hydrogens (tertiary/aromatic N) is 3. The molecule has 0 bridgehead atoms. The van der Waals surface area contributed by atoms with Crippen LogP contribution in [-0.4, -0.2) is 83.5 Å². The summed E-state index contributed by atoms with van der Waals surface area (Å²) < 4.78 is 13.2. The predicted octanol–water partition coefficient (Wildman–Crippen LogP) is 2.40. The van der Waals surface area contributed by atoms with Crippen molar-refractivity contribution in [3.05, 3.63) is 40.7 Å². The number of carbonyl (C=O) groups is 2. The van der Waals surface area contributed by atoms with Crippen LogP contribution in [0.25, 0.3) is 6.08 Å². The highest BCUT2D eigenvalue weighted by Crippen LogP contribution is 2.17. The zero-order valence-corrected chi connectivity index (χ0v) is 17.9. The molecule has 2 fully saturated rings. The largest absolute Gasteiger partial charge is 0.393 e. The SMILES string of the molecule is O=C(C=Cc1ccc(F)c(Cl)c1)N1CCC(=O)N(CCCN2CCC(O)CC2)CC1. The van der Waals surface area contributed by atoms with E-state index in [0.29, 0.717) is 38.2 Å². The van der Waals surface area contributed by atoms with Gasteiger partial charge in [0, 0.05) is 51.8 Å². The normalized spacial score (nSPS) is 19.5. The molecular formula is C22H29ClFN3O3. The van der Waals surface area contributed by atoms with Crippen LogP contribution in [0, 0.1) is 5.82 Å². The van der Waals surface area contributed by atoms with Gasteiger partial charge in [-0.25, -0.2) is 4.39 Å². The van der Waals surface area contributed by atoms with Crippen molar-refractivity contribution in [3.63, 3.8) is 0 Å². The van der Waals surface area contributed by atoms with Crippen molar-refractivity contribution in [2.75, 3.05) is 45.8 Å². The number of rotatable bonds is 6. The summed E-state index contributed by atoms with van der Waals surface area (Å²) in [5.74, 6) is -0.588. The zero-order chi connectivity index (χ0) is 21.5. The van der Waals surface area contributed by atoms with Crippen molar-refractivity contribution in [1.82, 2.24) is 14.7 Å². The molecule has 164 valence electrons. The molecule has 1 aromatic rings. The first kappa shape index (κ1) is 22.7. The zero-order valence-electron chi connectivity index (χ0n) is 17.1. The van der Waals surface area contributed by atoms with E-state index in [-0.39, 0.29) is 22.9 Å². The second-order valence-corrected chi connectivity index (χ2v) is 8.30. The highest BCUT2D eigenvalue weighted by Gasteiger charge is 2.23. The van der Waals surface area contributed by atoms with Crippen LogP contribution >= 0.6 is 11.6 Å². The van der Waals surface area contributed by atoms with E-state index in [2.05, 4.69) is 4.90 Å². The number of aliphatic hydroxyl groups is 1. The molecule has 0 aromatic heterocycles. The van der Waals surface area contributed by atoms with Gasteiger partial charge in [-0.05, 0) is 49.6 Å². The summed E-state index contributed by atoms with van der Waals surface area (Å²) in [6.45, 7) is 4.83. The highest BCUT2D eigenvalue weighted by atomic mass is 35.5. The van der Waals surface area contributed by atoms with Crippen LogP contribution in [0.15, 0.2) is 24.3 Å². The minimum Gasteiger partial charge on any atom is -0.393 e. The van der Waals surface area contributed by atoms with Crippen LogP contribution in [0.2, 0.25) is 5.02 Å². The number of halogens is 2. The molecule has 8 heteroatoms. The van der Waals surface area contributed by atoms with Crippen molar-refractivity contribution >= 4 is 29.5 Å². The van der Waals surface area contributed by atoms with E-state index in [1.54, 1.807) is 17.0 Å². The molecule has 2 saturated heterocycles. The summed E-state index contributed by atoms with van der Waals surface area (Å²) in [7, 11) is 0. The second-order valence-electron chi connectivity index (χ2n) is 7.89. The highest BCUT2D eigenvalue weighted by molar-refractivity contribution is 6.30. The van der Waals surface area contributed by atoms with E-state index >= 15 is 0 Å². The van der Waals surface area contributed by atoms with Gasteiger partial charge < -0.3 is 19.8 Å². The van der Waals surface area contributed by atoms with E-state index in [1.807, 2.05) is 4.90 Å². The average Bonchev–Trinajstić information content (AvgIpc) is 2.92. The molecule has 1 N–H and O–H groups in total. The number of likely N-dealkylation sites (tertiary alicyclic amines) is 1. The van der Waals surface area contributed by atoms with Gasteiger partial charge in [0.2, 0.25) is 11.8 Å². The molecule has 2 aliphatic rings. The average molecular weight is 438 g/mol. The Labute approximate surface area is 181 Å². The van der Waals surface area contributed by atoms with Crippen molar-refractivity contribution in [2.24, 2.45) is 0 Å². The first-order chi connectivity index (χ1) is 14.4. The van der Waals surface area contributed by atoms with Gasteiger partial charge in [-0.3, -0.25) is 9.59 Å². The van der Waals surface area contributed by atoms with Gasteiger partial charge in [0.15, 0.2) is 0 Å². The molecule has 0 atom stereocenters. The van der Waals surface area contributed by atoms with Crippen LogP contribution in [0.3, 0.4) is 0 Å². The van der Waals surface area contributed by atoms with Crippen molar-refractivity contribution in [2.45, 2.75) is 31.8 Å². The van der Waals surface area contributed by atoms with E-state index in [1.165, 1.54) is 18.2 Å². The standard InChI is InChI=1S/C22H29ClFN3O3/c23-19-16-17(2-4-20(19)24)3-5-21(29)27-13-8-22(30)26(14-15-27)10-1-9-25-11-6-18(28)7-12-25/h2-5,16,18,28H,1,6-15H2. The lowest BCUT2D eigenvalue weighted by Gasteiger charge is -2.30. The van der Waals surface area contributed by atoms with Crippen LogP contribution in [-0.2, 0) is 9.59 Å². The first-order valence-electron chi connectivity index (χ1n) is 10.5. The fourth-order valence-corrected chi connectivity index (χ4v) is 4.03. The Balaban J connectivity index is 1.45. The Morgan fingerprint density at radius 1 is 1.17 bits per heavy atom. The summed E-state index contributed by atoms with van der Waals surface area (Å²) in [6, 6.07) is 4.29. The quantitative estimate of drug-likeness (QED) is 0.694. The molecule has 0 radical (unpaired) electrons. The Kier molecular flexibility index (Phi) is 8.24. The van der Waals surface area contributed by atoms with E-state index in [4.69, 9.17) is 11.6 Å². The number of piperidine rings is 1. The molecule has 2 aliphatic heterocycles. The van der Waals surface area contributed by atoms with Gasteiger partial charge in [0.1, 0.15) is 5.82 Å². The van der Waals surface area contributed by atoms with Gasteiger partial charge in [0.05, 0.1) is 11.1 Å². The third-order valence-electron chi connectivity index (χ3n) is 5.72. The summed E-state index contributed by atoms with van der Waals surface area (Å²) in [6.07, 6.45) is 5.71. The topological polar surface area (TPSA) is 64.1 Å². The maximum absolute atomic E-state index is 13.2. The molecule has 2 heterocycles. The fraction of sp³-hybridized carbons (Fsp3) is 0.545. The van der Waals surface area contributed by atoms with Crippen molar-refractivity contribution in [3.8, 4) is 0 Å². The van der Waals surface area contributed by atoms with Crippen molar-refractivity contribution in [1.29, 1.82) is 0 Å². The molecule has 6 nitrogen and oxygen atoms in total. The van der Waals surface area contributed by atoms with E-state index in [0.717, 1.165) is 38.9 Å². The number of amides is 2. The fourth-order valence-electron chi connectivity index (χ4n) is 3.84. The predicted molar refractivity (Wildman–Crippen MR) is 115 cm³/mol. The molecule has 3 rings (SSSR count). The number of benzene rings is 1. The second kappa shape index (κ2) is 10.9. The Hall–Kier alpha value is -1.96. The van der Waals surface area contributed by atoms with Gasteiger partial charge in [-0.1, -0.05) is 17.7 Å². The smallest absolute Gasteiger partial charge is 0.246 e. The van der Waals surface area contributed by atoms with Crippen molar-refractivity contribution < 1.29 is 19.1 Å². The lowest BCUT2D eigenvalue weighted by molar-refractivity contribution is -0.130. The Bertz CT molecular complexity index is 781. The summed E-state index contributed by atoms with van der Waals surface area (Å²) >= 11 is 5.77. The Morgan fingerprint density at radius 2 is 1.93 bits per heavy atom. The van der Waals surface area contributed by atoms with Gasteiger partial charge in [0.25, 0.3) is 0 Å². The van der Waals surface area contributed by atoms with Crippen LogP contribution in [0.1, 0.15) is 31.2 Å². The maximum atomic E-state index is 13.2. The third kappa shape index (κ3) is 6.52. The molecule has 2 amide bonds. The summed E-state index contributed by atoms with van der Waals surface area (Å²) in [5, 5.41) is 9.60. The monoisotopic (exact) mass is 437 g/mol. The number of hydrogen-bond donors (Lipinski definition) is 1. The number of hydrogen-bond acceptors (Lipinski definition) is 4. The molecule has 0 spiro atoms. The van der Waals surface area contributed by atoms with Gasteiger partial charge in [-0.15, -0.1) is 0 Å². The molecule has 0 aliphatic carbocycles. The van der Waals surface area contributed by atoms with Gasteiger partial charge >= 0.3 is 0 Å². The molecule has 0 unspecified atom stereocenters. The van der Waals surface area contributed by atoms with Crippen LogP contribution in [0.5, 0.6) is 0 Å². The first-order valence-corrected chi connectivity index (χ1v) is 10.9. The summed E-state index contributed by atoms with van der Waals surface area (Å²) in [5.41, 5.74) is 0.646. The lowest BCUT2D eigenvalue weighted by Crippen LogP contribution is -2.39. The molecule has 1 aromatic carbocycles. The number of carbonyl (C=O) groups excluding carboxylic acids is 2. The van der Waals surface area contributed by atoms with E-state index < -0.39 is 5.82 Å².